The number of hydrogen-bond donors (Lipinski definition) is 3. The summed E-state index contributed by atoms with van der Waals surface area (Å²) in [5.74, 6) is 0.344. The molecule has 10 nitrogen and oxygen atoms in total. The molecule has 0 radical (unpaired) electrons. The zero-order valence-electron chi connectivity index (χ0n) is 11.8. The lowest BCUT2D eigenvalue weighted by Crippen LogP contribution is -2.16. The van der Waals surface area contributed by atoms with Crippen molar-refractivity contribution < 1.29 is 18.7 Å². The Hall–Kier alpha value is -1.74. The highest BCUT2D eigenvalue weighted by Gasteiger charge is 2.28. The van der Waals surface area contributed by atoms with Crippen LogP contribution in [0, 0.1) is 0 Å². The third-order valence-corrected chi connectivity index (χ3v) is 3.87. The highest BCUT2D eigenvalue weighted by molar-refractivity contribution is 7.32. The molecule has 1 saturated heterocycles. The van der Waals surface area contributed by atoms with E-state index in [2.05, 4.69) is 20.3 Å². The minimum atomic E-state index is -2.96. The number of rotatable bonds is 5. The summed E-state index contributed by atoms with van der Waals surface area (Å²) in [6.45, 7) is 0.0627. The van der Waals surface area contributed by atoms with Gasteiger partial charge in [-0.25, -0.2) is 4.98 Å². The van der Waals surface area contributed by atoms with Crippen molar-refractivity contribution in [3.05, 3.63) is 16.7 Å². The molecule has 3 rings (SSSR count). The molecule has 1 unspecified atom stereocenters. The highest BCUT2D eigenvalue weighted by atomic mass is 31.1. The van der Waals surface area contributed by atoms with Gasteiger partial charge in [0.15, 0.2) is 11.2 Å². The molecule has 120 valence electrons. The largest absolute Gasteiger partial charge is 0.359 e. The van der Waals surface area contributed by atoms with E-state index < -0.39 is 8.25 Å². The van der Waals surface area contributed by atoms with Crippen molar-refractivity contribution in [2.75, 3.05) is 19.0 Å². The smallest absolute Gasteiger partial charge is 0.316 e. The molecule has 1 fully saturated rings. The van der Waals surface area contributed by atoms with Gasteiger partial charge in [-0.1, -0.05) is 0 Å². The Labute approximate surface area is 125 Å². The molecule has 0 saturated carbocycles. The molecule has 22 heavy (non-hydrogen) atoms. The van der Waals surface area contributed by atoms with Gasteiger partial charge in [0.2, 0.25) is 5.95 Å². The quantitative estimate of drug-likeness (QED) is 0.665. The van der Waals surface area contributed by atoms with Gasteiger partial charge in [-0.3, -0.25) is 18.9 Å². The lowest BCUT2D eigenvalue weighted by molar-refractivity contribution is -0.0162. The standard InChI is InChI=1S/C11H16N5O5P/c1-12-11-14-9-8(10(17)15-11)13-5-16(9)7-3-2-6(21-7)4-20-22(18)19/h5-7,22H,2-4H2,1H3,(H,18,19)(H2,12,14,15,17)/t6-,7+/m0/s1. The Kier molecular flexibility index (Phi) is 4.25. The zero-order valence-corrected chi connectivity index (χ0v) is 12.8. The van der Waals surface area contributed by atoms with E-state index in [-0.39, 0.29) is 30.0 Å². The monoisotopic (exact) mass is 329 g/mol. The van der Waals surface area contributed by atoms with Crippen molar-refractivity contribution in [3.63, 3.8) is 0 Å². The number of H-pyrrole nitrogens is 1. The Balaban J connectivity index is 1.84. The molecule has 1 aliphatic rings. The summed E-state index contributed by atoms with van der Waals surface area (Å²) in [6, 6.07) is 0. The first-order valence-corrected chi connectivity index (χ1v) is 8.00. The predicted molar refractivity (Wildman–Crippen MR) is 78.0 cm³/mol. The maximum absolute atomic E-state index is 11.9. The lowest BCUT2D eigenvalue weighted by Gasteiger charge is -2.15. The highest BCUT2D eigenvalue weighted by Crippen LogP contribution is 2.31. The van der Waals surface area contributed by atoms with E-state index in [1.807, 2.05) is 0 Å². The third kappa shape index (κ3) is 2.91. The summed E-state index contributed by atoms with van der Waals surface area (Å²) < 4.78 is 22.7. The number of ether oxygens (including phenoxy) is 1. The van der Waals surface area contributed by atoms with E-state index in [1.54, 1.807) is 11.6 Å². The predicted octanol–water partition coefficient (Wildman–Crippen LogP) is 0.237. The van der Waals surface area contributed by atoms with Crippen LogP contribution in [0.5, 0.6) is 0 Å². The van der Waals surface area contributed by atoms with E-state index in [4.69, 9.17) is 14.2 Å². The molecule has 1 aliphatic heterocycles. The average molecular weight is 329 g/mol. The summed E-state index contributed by atoms with van der Waals surface area (Å²) in [6.07, 6.45) is 2.26. The van der Waals surface area contributed by atoms with Crippen LogP contribution >= 0.6 is 8.25 Å². The zero-order chi connectivity index (χ0) is 15.7. The summed E-state index contributed by atoms with van der Waals surface area (Å²) in [4.78, 5) is 31.5. The number of imidazole rings is 1. The van der Waals surface area contributed by atoms with E-state index in [0.29, 0.717) is 24.4 Å². The van der Waals surface area contributed by atoms with Gasteiger partial charge in [0.05, 0.1) is 19.0 Å². The number of aromatic nitrogens is 4. The first-order valence-electron chi connectivity index (χ1n) is 6.74. The number of nitrogens with zero attached hydrogens (tertiary/aromatic N) is 3. The average Bonchev–Trinajstić information content (AvgIpc) is 3.11. The summed E-state index contributed by atoms with van der Waals surface area (Å²) in [5.41, 5.74) is 0.336. The van der Waals surface area contributed by atoms with Gasteiger partial charge in [-0.05, 0) is 12.8 Å². The van der Waals surface area contributed by atoms with Crippen molar-refractivity contribution in [1.29, 1.82) is 0 Å². The Bertz CT molecular complexity index is 759. The van der Waals surface area contributed by atoms with Crippen LogP contribution in [-0.4, -0.2) is 44.2 Å². The fourth-order valence-corrected chi connectivity index (χ4v) is 2.76. The first-order chi connectivity index (χ1) is 10.6. The van der Waals surface area contributed by atoms with Crippen molar-refractivity contribution >= 4 is 25.4 Å². The van der Waals surface area contributed by atoms with Gasteiger partial charge in [-0.15, -0.1) is 0 Å². The lowest BCUT2D eigenvalue weighted by atomic mass is 10.2. The number of anilines is 1. The molecular formula is C11H16N5O5P. The van der Waals surface area contributed by atoms with E-state index in [9.17, 15) is 9.36 Å². The molecule has 0 aromatic carbocycles. The fourth-order valence-electron chi connectivity index (χ4n) is 2.43. The second-order valence-corrected chi connectivity index (χ2v) is 5.68. The van der Waals surface area contributed by atoms with Gasteiger partial charge in [0, 0.05) is 7.05 Å². The van der Waals surface area contributed by atoms with Crippen molar-refractivity contribution in [2.24, 2.45) is 0 Å². The number of fused-ring (bicyclic) bond motifs is 1. The van der Waals surface area contributed by atoms with Gasteiger partial charge in [-0.2, -0.15) is 4.98 Å². The topological polar surface area (TPSA) is 131 Å². The normalized spacial score (nSPS) is 23.0. The van der Waals surface area contributed by atoms with E-state index in [1.165, 1.54) is 6.33 Å². The van der Waals surface area contributed by atoms with Crippen LogP contribution in [0.2, 0.25) is 0 Å². The summed E-state index contributed by atoms with van der Waals surface area (Å²) in [5, 5.41) is 2.78. The minimum absolute atomic E-state index is 0.0627. The molecule has 0 spiro atoms. The maximum Gasteiger partial charge on any atom is 0.316 e. The van der Waals surface area contributed by atoms with Gasteiger partial charge < -0.3 is 19.5 Å². The van der Waals surface area contributed by atoms with Crippen LogP contribution in [0.4, 0.5) is 5.95 Å². The Morgan fingerprint density at radius 3 is 3.18 bits per heavy atom. The van der Waals surface area contributed by atoms with E-state index in [0.717, 1.165) is 0 Å². The Morgan fingerprint density at radius 1 is 1.64 bits per heavy atom. The third-order valence-electron chi connectivity index (χ3n) is 3.46. The van der Waals surface area contributed by atoms with Crippen molar-refractivity contribution in [3.8, 4) is 0 Å². The second kappa shape index (κ2) is 6.17. The van der Waals surface area contributed by atoms with Gasteiger partial charge in [0.25, 0.3) is 5.56 Å². The molecule has 0 bridgehead atoms. The molecular weight excluding hydrogens is 313 g/mol. The molecule has 2 aromatic rings. The number of nitrogens with one attached hydrogen (secondary N) is 2. The minimum Gasteiger partial charge on any atom is -0.359 e. The number of aromatic amines is 1. The van der Waals surface area contributed by atoms with Crippen LogP contribution in [0.1, 0.15) is 19.1 Å². The Morgan fingerprint density at radius 2 is 2.45 bits per heavy atom. The maximum atomic E-state index is 11.9. The van der Waals surface area contributed by atoms with Crippen molar-refractivity contribution in [2.45, 2.75) is 25.2 Å². The molecule has 3 heterocycles. The van der Waals surface area contributed by atoms with Crippen LogP contribution < -0.4 is 10.9 Å². The molecule has 3 N–H and O–H groups in total. The van der Waals surface area contributed by atoms with Crippen LogP contribution in [0.15, 0.2) is 11.1 Å². The fraction of sp³-hybridized carbons (Fsp3) is 0.545. The van der Waals surface area contributed by atoms with Crippen molar-refractivity contribution in [1.82, 2.24) is 19.5 Å². The van der Waals surface area contributed by atoms with Gasteiger partial charge in [0.1, 0.15) is 6.23 Å². The summed E-state index contributed by atoms with van der Waals surface area (Å²) in [7, 11) is -1.30. The molecule has 3 atom stereocenters. The number of hydrogen-bond acceptors (Lipinski definition) is 7. The van der Waals surface area contributed by atoms with Crippen LogP contribution in [0.3, 0.4) is 0 Å². The van der Waals surface area contributed by atoms with E-state index >= 15 is 0 Å². The van der Waals surface area contributed by atoms with Crippen LogP contribution in [-0.2, 0) is 13.8 Å². The first kappa shape index (κ1) is 15.2. The molecule has 0 aliphatic carbocycles. The molecule has 2 aromatic heterocycles. The summed E-state index contributed by atoms with van der Waals surface area (Å²) >= 11 is 0. The molecule has 11 heteroatoms. The second-order valence-electron chi connectivity index (χ2n) is 4.86. The van der Waals surface area contributed by atoms with Crippen LogP contribution in [0.25, 0.3) is 11.2 Å². The molecule has 0 amide bonds. The van der Waals surface area contributed by atoms with Gasteiger partial charge >= 0.3 is 8.25 Å². The SMILES string of the molecule is CNc1nc2c(ncn2[C@H]2CC[C@@H](CO[PH](=O)O)O2)c(=O)[nH]1.